The number of hydrogen-bond donors (Lipinski definition) is 6. The Hall–Kier alpha value is -1.16. The molecule has 13 heteroatoms. The highest BCUT2D eigenvalue weighted by Crippen LogP contribution is 2.26. The summed E-state index contributed by atoms with van der Waals surface area (Å²) >= 11 is 0. The highest BCUT2D eigenvalue weighted by molar-refractivity contribution is 7.80. The molecule has 1 aliphatic heterocycles. The lowest BCUT2D eigenvalue weighted by atomic mass is 9.99. The standard InChI is InChI=1S/C40H77NO11S/c1-3-5-7-9-11-13-15-17-19-21-23-25-27-29-34(43)33(32-50-40-39(52-53(47,48)49)38(46)37(45)35(31-42)51-40)41-36(44)30-28-26-24-22-20-18-16-14-12-10-8-6-4-2/h27,29,33-35,37-40,42-43,45-46H,3-26,28,30-32H2,1-2H3,(H,41,44)(H,47,48,49)/b29-27+/t33-,34+,35-,37+,38-,39-,40+/m0/s1. The summed E-state index contributed by atoms with van der Waals surface area (Å²) < 4.78 is 47.9. The second-order valence-corrected chi connectivity index (χ2v) is 16.0. The fourth-order valence-electron chi connectivity index (χ4n) is 6.74. The van der Waals surface area contributed by atoms with Gasteiger partial charge in [0.1, 0.15) is 18.3 Å². The molecule has 7 atom stereocenters. The lowest BCUT2D eigenvalue weighted by Crippen LogP contribution is -2.61. The molecule has 0 bridgehead atoms. The smallest absolute Gasteiger partial charge is 0.394 e. The first-order valence-electron chi connectivity index (χ1n) is 21.1. The van der Waals surface area contributed by atoms with Crippen LogP contribution >= 0.6 is 0 Å². The van der Waals surface area contributed by atoms with Crippen molar-refractivity contribution in [1.29, 1.82) is 0 Å². The number of rotatable bonds is 35. The van der Waals surface area contributed by atoms with Gasteiger partial charge in [0.05, 0.1) is 25.4 Å². The van der Waals surface area contributed by atoms with Crippen LogP contribution in [0.25, 0.3) is 0 Å². The maximum atomic E-state index is 13.0. The van der Waals surface area contributed by atoms with Crippen LogP contribution in [0, 0.1) is 0 Å². The zero-order chi connectivity index (χ0) is 39.2. The molecule has 1 saturated heterocycles. The van der Waals surface area contributed by atoms with Gasteiger partial charge in [-0.25, -0.2) is 4.18 Å². The van der Waals surface area contributed by atoms with Crippen LogP contribution in [0.3, 0.4) is 0 Å². The highest BCUT2D eigenvalue weighted by Gasteiger charge is 2.48. The molecular weight excluding hydrogens is 703 g/mol. The Morgan fingerprint density at radius 1 is 0.736 bits per heavy atom. The largest absolute Gasteiger partial charge is 0.397 e. The summed E-state index contributed by atoms with van der Waals surface area (Å²) in [6.45, 7) is 3.36. The Morgan fingerprint density at radius 3 is 1.64 bits per heavy atom. The van der Waals surface area contributed by atoms with Crippen LogP contribution in [0.5, 0.6) is 0 Å². The minimum Gasteiger partial charge on any atom is -0.394 e. The van der Waals surface area contributed by atoms with Crippen molar-refractivity contribution in [2.45, 2.75) is 224 Å². The molecule has 0 aromatic carbocycles. The summed E-state index contributed by atoms with van der Waals surface area (Å²) in [5.74, 6) is -0.279. The summed E-state index contributed by atoms with van der Waals surface area (Å²) in [6, 6.07) is -0.968. The van der Waals surface area contributed by atoms with E-state index in [0.29, 0.717) is 6.42 Å². The normalized spacial score (nSPS) is 22.0. The van der Waals surface area contributed by atoms with Crippen LogP contribution in [0.1, 0.15) is 181 Å². The molecule has 1 fully saturated rings. The average molecular weight is 780 g/mol. The lowest BCUT2D eigenvalue weighted by molar-refractivity contribution is -0.297. The molecule has 1 aliphatic rings. The van der Waals surface area contributed by atoms with E-state index in [1.165, 1.54) is 116 Å². The first-order valence-corrected chi connectivity index (χ1v) is 22.4. The summed E-state index contributed by atoms with van der Waals surface area (Å²) in [5.41, 5.74) is 0. The van der Waals surface area contributed by atoms with Gasteiger partial charge in [-0.3, -0.25) is 9.35 Å². The maximum Gasteiger partial charge on any atom is 0.397 e. The third-order valence-electron chi connectivity index (χ3n) is 10.1. The monoisotopic (exact) mass is 780 g/mol. The van der Waals surface area contributed by atoms with E-state index in [0.717, 1.165) is 38.5 Å². The molecule has 1 rings (SSSR count). The molecule has 53 heavy (non-hydrogen) atoms. The molecule has 0 aromatic rings. The van der Waals surface area contributed by atoms with Gasteiger partial charge < -0.3 is 35.2 Å². The average Bonchev–Trinajstić information content (AvgIpc) is 3.12. The van der Waals surface area contributed by atoms with Gasteiger partial charge in [-0.2, -0.15) is 8.42 Å². The number of aliphatic hydroxyl groups is 4. The molecule has 1 heterocycles. The number of carbonyl (C=O) groups excluding carboxylic acids is 1. The SMILES string of the molecule is CCCCCCCCCCCCC/C=C/[C@@H](O)[C@H](CO[C@@H]1O[C@@H](CO)[C@@H](O)[C@H](O)[C@@H]1OS(=O)(=O)O)NC(=O)CCCCCCCCCCCCCCC. The minimum absolute atomic E-state index is 0.259. The topological polar surface area (TPSA) is 192 Å². The molecule has 0 radical (unpaired) electrons. The molecule has 1 amide bonds. The second kappa shape index (κ2) is 32.0. The molecule has 314 valence electrons. The number of ether oxygens (including phenoxy) is 2. The molecule has 0 aliphatic carbocycles. The van der Waals surface area contributed by atoms with Crippen LogP contribution in [-0.2, 0) is 28.9 Å². The fraction of sp³-hybridized carbons (Fsp3) is 0.925. The Kier molecular flexibility index (Phi) is 30.1. The lowest BCUT2D eigenvalue weighted by Gasteiger charge is -2.41. The van der Waals surface area contributed by atoms with E-state index < -0.39 is 59.9 Å². The number of allylic oxidation sites excluding steroid dienone is 1. The number of unbranched alkanes of at least 4 members (excludes halogenated alkanes) is 23. The number of aliphatic hydroxyl groups excluding tert-OH is 4. The van der Waals surface area contributed by atoms with E-state index in [4.69, 9.17) is 9.47 Å². The Balaban J connectivity index is 2.62. The molecule has 0 saturated carbocycles. The van der Waals surface area contributed by atoms with Gasteiger partial charge in [0.2, 0.25) is 5.91 Å². The summed E-state index contributed by atoms with van der Waals surface area (Å²) in [5, 5.41) is 44.2. The van der Waals surface area contributed by atoms with E-state index in [9.17, 15) is 38.2 Å². The van der Waals surface area contributed by atoms with Gasteiger partial charge in [-0.1, -0.05) is 167 Å². The van der Waals surface area contributed by atoms with Crippen molar-refractivity contribution < 1.29 is 51.8 Å². The van der Waals surface area contributed by atoms with Gasteiger partial charge in [-0.15, -0.1) is 0 Å². The number of carbonyl (C=O) groups is 1. The van der Waals surface area contributed by atoms with E-state index in [-0.39, 0.29) is 18.9 Å². The molecule has 6 N–H and O–H groups in total. The zero-order valence-corrected chi connectivity index (χ0v) is 33.9. The molecule has 0 unspecified atom stereocenters. The quantitative estimate of drug-likeness (QED) is 0.0216. The van der Waals surface area contributed by atoms with Gasteiger partial charge in [0.25, 0.3) is 0 Å². The van der Waals surface area contributed by atoms with Crippen molar-refractivity contribution in [3.05, 3.63) is 12.2 Å². The highest BCUT2D eigenvalue weighted by atomic mass is 32.3. The van der Waals surface area contributed by atoms with E-state index in [1.54, 1.807) is 6.08 Å². The predicted molar refractivity (Wildman–Crippen MR) is 209 cm³/mol. The van der Waals surface area contributed by atoms with Crippen molar-refractivity contribution in [2.24, 2.45) is 0 Å². The molecular formula is C40H77NO11S. The Morgan fingerprint density at radius 2 is 1.19 bits per heavy atom. The fourth-order valence-corrected chi connectivity index (χ4v) is 7.22. The van der Waals surface area contributed by atoms with Crippen LogP contribution in [0.4, 0.5) is 0 Å². The summed E-state index contributed by atoms with van der Waals surface area (Å²) in [7, 11) is -5.09. The first kappa shape index (κ1) is 49.9. The van der Waals surface area contributed by atoms with Crippen LogP contribution in [0.2, 0.25) is 0 Å². The molecule has 0 spiro atoms. The van der Waals surface area contributed by atoms with Crippen LogP contribution in [-0.4, -0.2) is 95.4 Å². The van der Waals surface area contributed by atoms with Gasteiger partial charge >= 0.3 is 10.4 Å². The van der Waals surface area contributed by atoms with Crippen molar-refractivity contribution in [3.63, 3.8) is 0 Å². The van der Waals surface area contributed by atoms with Gasteiger partial charge in [0, 0.05) is 6.42 Å². The van der Waals surface area contributed by atoms with Crippen molar-refractivity contribution in [2.75, 3.05) is 13.2 Å². The van der Waals surface area contributed by atoms with Crippen LogP contribution < -0.4 is 5.32 Å². The Labute approximate surface area is 321 Å². The number of nitrogens with one attached hydrogen (secondary N) is 1. The summed E-state index contributed by atoms with van der Waals surface area (Å²) in [4.78, 5) is 13.0. The third kappa shape index (κ3) is 25.6. The second-order valence-electron chi connectivity index (χ2n) is 14.9. The van der Waals surface area contributed by atoms with Crippen molar-refractivity contribution in [3.8, 4) is 0 Å². The van der Waals surface area contributed by atoms with E-state index in [2.05, 4.69) is 23.3 Å². The number of hydrogen-bond acceptors (Lipinski definition) is 10. The predicted octanol–water partition coefficient (Wildman–Crippen LogP) is 7.21. The third-order valence-corrected chi connectivity index (χ3v) is 10.5. The van der Waals surface area contributed by atoms with Crippen molar-refractivity contribution >= 4 is 16.3 Å². The zero-order valence-electron chi connectivity index (χ0n) is 33.1. The van der Waals surface area contributed by atoms with Crippen molar-refractivity contribution in [1.82, 2.24) is 5.32 Å². The van der Waals surface area contributed by atoms with Gasteiger partial charge in [0.15, 0.2) is 12.4 Å². The Bertz CT molecular complexity index is 1010. The van der Waals surface area contributed by atoms with Crippen LogP contribution in [0.15, 0.2) is 12.2 Å². The van der Waals surface area contributed by atoms with E-state index >= 15 is 0 Å². The summed E-state index contributed by atoms with van der Waals surface area (Å²) in [6.07, 6.45) is 23.8. The minimum atomic E-state index is -5.09. The molecule has 0 aromatic heterocycles. The molecule has 12 nitrogen and oxygen atoms in total. The van der Waals surface area contributed by atoms with E-state index in [1.807, 2.05) is 6.08 Å². The van der Waals surface area contributed by atoms with Gasteiger partial charge in [-0.05, 0) is 19.3 Å². The maximum absolute atomic E-state index is 13.0. The first-order chi connectivity index (χ1) is 25.5. The number of amides is 1.